The molecule has 0 aliphatic rings. The number of unbranched alkanes of at least 4 members (excludes halogenated alkanes) is 28. The van der Waals surface area contributed by atoms with Gasteiger partial charge in [-0.15, -0.1) is 0 Å². The van der Waals surface area contributed by atoms with Crippen LogP contribution in [0.1, 0.15) is 290 Å². The third kappa shape index (κ3) is 64.7. The van der Waals surface area contributed by atoms with Crippen molar-refractivity contribution in [3.63, 3.8) is 0 Å². The van der Waals surface area contributed by atoms with Crippen LogP contribution in [-0.2, 0) is 27.9 Å². The van der Waals surface area contributed by atoms with Crippen LogP contribution in [0.2, 0.25) is 0 Å². The molecule has 0 aliphatic carbocycles. The molecule has 3 atom stereocenters. The summed E-state index contributed by atoms with van der Waals surface area (Å²) in [6.07, 6.45) is 88.9. The standard InChI is InChI=1S/C75H131N2O7P/c1-7-10-13-16-19-22-25-27-29-31-33-35-37-38-40-41-43-45-47-49-52-55-58-61-64-67-74(78)76-72(71-83-85(80,81)82-70-69-77(4,5)6)73(66-63-60-57-54-51-24-21-18-15-12-9-3)84-75(79)68-65-62-59-56-53-50-48-46-44-42-39-36-34-32-30-28-26-23-20-17-14-11-8-2/h11,14,19-20,22-23,27-30,33-36,42,44,48,50,63,66,72-73H,7-10,12-13,15-18,21,24-26,31-32,37-41,43,45-47,49,51-62,64-65,67-71H2,1-6H3,(H-,76,78,80,81)/b14-11-,22-19-,23-20-,29-27-,30-28-,35-33-,36-34-,44-42-,50-48-,66-63+. The minimum Gasteiger partial charge on any atom is -0.756 e. The number of phosphoric acid groups is 1. The number of hydrogen-bond donors (Lipinski definition) is 1. The van der Waals surface area contributed by atoms with Crippen LogP contribution in [0.25, 0.3) is 0 Å². The molecule has 0 bridgehead atoms. The van der Waals surface area contributed by atoms with Gasteiger partial charge in [0.15, 0.2) is 0 Å². The minimum atomic E-state index is -4.72. The molecule has 0 spiro atoms. The summed E-state index contributed by atoms with van der Waals surface area (Å²) < 4.78 is 30.4. The van der Waals surface area contributed by atoms with Crippen molar-refractivity contribution in [2.45, 2.75) is 303 Å². The van der Waals surface area contributed by atoms with Crippen LogP contribution in [0.4, 0.5) is 0 Å². The van der Waals surface area contributed by atoms with Gasteiger partial charge in [-0.2, -0.15) is 0 Å². The fourth-order valence-corrected chi connectivity index (χ4v) is 10.3. The number of allylic oxidation sites excluding steroid dienone is 19. The third-order valence-corrected chi connectivity index (χ3v) is 15.8. The molecule has 0 radical (unpaired) electrons. The predicted octanol–water partition coefficient (Wildman–Crippen LogP) is 21.6. The van der Waals surface area contributed by atoms with E-state index in [1.54, 1.807) is 0 Å². The van der Waals surface area contributed by atoms with Gasteiger partial charge in [-0.05, 0) is 122 Å². The Labute approximate surface area is 524 Å². The first-order valence-electron chi connectivity index (χ1n) is 34.8. The molecule has 0 aromatic rings. The van der Waals surface area contributed by atoms with E-state index in [1.807, 2.05) is 33.3 Å². The van der Waals surface area contributed by atoms with E-state index in [0.29, 0.717) is 23.9 Å². The van der Waals surface area contributed by atoms with Gasteiger partial charge < -0.3 is 28.5 Å². The van der Waals surface area contributed by atoms with Gasteiger partial charge in [-0.25, -0.2) is 0 Å². The average Bonchev–Trinajstić information content (AvgIpc) is 3.62. The van der Waals surface area contributed by atoms with E-state index in [-0.39, 0.29) is 24.9 Å². The number of esters is 1. The average molecular weight is 1200 g/mol. The fraction of sp³-hybridized carbons (Fsp3) is 0.707. The predicted molar refractivity (Wildman–Crippen MR) is 367 cm³/mol. The zero-order valence-electron chi connectivity index (χ0n) is 55.8. The molecule has 85 heavy (non-hydrogen) atoms. The zero-order valence-corrected chi connectivity index (χ0v) is 56.7. The molecule has 0 aromatic heterocycles. The summed E-state index contributed by atoms with van der Waals surface area (Å²) >= 11 is 0. The van der Waals surface area contributed by atoms with Crippen LogP contribution in [-0.4, -0.2) is 69.4 Å². The Morgan fingerprint density at radius 3 is 1.15 bits per heavy atom. The Bertz CT molecular complexity index is 1870. The number of hydrogen-bond acceptors (Lipinski definition) is 7. The highest BCUT2D eigenvalue weighted by Gasteiger charge is 2.27. The van der Waals surface area contributed by atoms with E-state index in [9.17, 15) is 19.0 Å². The van der Waals surface area contributed by atoms with E-state index in [4.69, 9.17) is 13.8 Å². The van der Waals surface area contributed by atoms with Crippen LogP contribution >= 0.6 is 7.82 Å². The fourth-order valence-electron chi connectivity index (χ4n) is 9.53. The normalized spacial score (nSPS) is 14.3. The van der Waals surface area contributed by atoms with Crippen molar-refractivity contribution >= 4 is 19.7 Å². The lowest BCUT2D eigenvalue weighted by Crippen LogP contribution is -2.47. The van der Waals surface area contributed by atoms with Crippen molar-refractivity contribution in [3.8, 4) is 0 Å². The SMILES string of the molecule is CC/C=C\C/C=C\C/C=C\C/C=C\C/C=C\C/C=C\CCCCCCC(=O)OC(/C=C/CCCCCCCCCCC)C(COP(=O)([O-])OCC[N+](C)(C)C)NC(=O)CCCCCCCCCCCCCC/C=C\C/C=C\C/C=C\CCCCC. The minimum absolute atomic E-state index is 0.0328. The lowest BCUT2D eigenvalue weighted by molar-refractivity contribution is -0.870. The van der Waals surface area contributed by atoms with Gasteiger partial charge in [0.1, 0.15) is 19.3 Å². The molecule has 1 amide bonds. The number of quaternary nitrogens is 1. The van der Waals surface area contributed by atoms with Gasteiger partial charge in [0.05, 0.1) is 33.8 Å². The molecule has 0 fully saturated rings. The van der Waals surface area contributed by atoms with Crippen LogP contribution in [0.15, 0.2) is 122 Å². The highest BCUT2D eigenvalue weighted by atomic mass is 31.2. The van der Waals surface area contributed by atoms with Crippen LogP contribution < -0.4 is 10.2 Å². The molecular weight excluding hydrogens is 1070 g/mol. The molecule has 0 aliphatic heterocycles. The zero-order chi connectivity index (χ0) is 62.1. The van der Waals surface area contributed by atoms with Gasteiger partial charge in [0.2, 0.25) is 5.91 Å². The molecule has 0 saturated carbocycles. The Morgan fingerprint density at radius 2 is 0.753 bits per heavy atom. The Hall–Kier alpha value is -3.59. The lowest BCUT2D eigenvalue weighted by Gasteiger charge is -2.30. The Kier molecular flexibility index (Phi) is 60.8. The number of carbonyl (C=O) groups excluding carboxylic acids is 2. The number of nitrogens with zero attached hydrogens (tertiary/aromatic N) is 1. The molecule has 1 N–H and O–H groups in total. The first-order chi connectivity index (χ1) is 41.4. The maximum absolute atomic E-state index is 13.6. The first kappa shape index (κ1) is 81.4. The molecule has 0 saturated heterocycles. The number of likely N-dealkylation sites (N-methyl/N-ethyl adjacent to an activating group) is 1. The molecule has 9 nitrogen and oxygen atoms in total. The maximum Gasteiger partial charge on any atom is 0.306 e. The summed E-state index contributed by atoms with van der Waals surface area (Å²) in [5.74, 6) is -0.575. The van der Waals surface area contributed by atoms with E-state index >= 15 is 0 Å². The second kappa shape index (κ2) is 63.4. The molecule has 488 valence electrons. The molecule has 0 rings (SSSR count). The maximum atomic E-state index is 13.6. The molecule has 3 unspecified atom stereocenters. The smallest absolute Gasteiger partial charge is 0.306 e. The second-order valence-corrected chi connectivity index (χ2v) is 25.7. The number of amides is 1. The lowest BCUT2D eigenvalue weighted by atomic mass is 10.0. The number of ether oxygens (including phenoxy) is 1. The third-order valence-electron chi connectivity index (χ3n) is 14.9. The first-order valence-corrected chi connectivity index (χ1v) is 36.3. The largest absolute Gasteiger partial charge is 0.756 e. The Morgan fingerprint density at radius 1 is 0.424 bits per heavy atom. The van der Waals surface area contributed by atoms with Crippen molar-refractivity contribution in [1.82, 2.24) is 5.32 Å². The van der Waals surface area contributed by atoms with E-state index < -0.39 is 26.6 Å². The highest BCUT2D eigenvalue weighted by molar-refractivity contribution is 7.45. The monoisotopic (exact) mass is 1200 g/mol. The van der Waals surface area contributed by atoms with Gasteiger partial charge in [0.25, 0.3) is 7.82 Å². The van der Waals surface area contributed by atoms with Gasteiger partial charge in [0, 0.05) is 12.8 Å². The molecule has 10 heteroatoms. The topological polar surface area (TPSA) is 114 Å². The summed E-state index contributed by atoms with van der Waals surface area (Å²) in [4.78, 5) is 40.1. The van der Waals surface area contributed by atoms with Crippen molar-refractivity contribution in [2.75, 3.05) is 40.9 Å². The molecule has 0 heterocycles. The quantitative estimate of drug-likeness (QED) is 0.0212. The summed E-state index contributed by atoms with van der Waals surface area (Å²) in [5, 5.41) is 3.03. The van der Waals surface area contributed by atoms with Gasteiger partial charge in [-0.3, -0.25) is 14.2 Å². The summed E-state index contributed by atoms with van der Waals surface area (Å²) in [6, 6.07) is -0.909. The number of carbonyl (C=O) groups is 2. The highest BCUT2D eigenvalue weighted by Crippen LogP contribution is 2.38. The van der Waals surface area contributed by atoms with Crippen LogP contribution in [0.3, 0.4) is 0 Å². The van der Waals surface area contributed by atoms with E-state index in [1.165, 1.54) is 128 Å². The number of rotatable bonds is 62. The second-order valence-electron chi connectivity index (χ2n) is 24.3. The van der Waals surface area contributed by atoms with Gasteiger partial charge >= 0.3 is 5.97 Å². The summed E-state index contributed by atoms with van der Waals surface area (Å²) in [5.41, 5.74) is 0. The van der Waals surface area contributed by atoms with Crippen molar-refractivity contribution in [1.29, 1.82) is 0 Å². The van der Waals surface area contributed by atoms with Crippen LogP contribution in [0.5, 0.6) is 0 Å². The molecule has 0 aromatic carbocycles. The number of phosphoric ester groups is 1. The Balaban J connectivity index is 5.12. The summed E-state index contributed by atoms with van der Waals surface area (Å²) in [7, 11) is 1.16. The van der Waals surface area contributed by atoms with E-state index in [2.05, 4.69) is 135 Å². The van der Waals surface area contributed by atoms with Crippen molar-refractivity contribution in [2.24, 2.45) is 0 Å². The summed E-state index contributed by atoms with van der Waals surface area (Å²) in [6.45, 7) is 6.68. The van der Waals surface area contributed by atoms with Crippen molar-refractivity contribution in [3.05, 3.63) is 122 Å². The van der Waals surface area contributed by atoms with Gasteiger partial charge in [-0.1, -0.05) is 277 Å². The van der Waals surface area contributed by atoms with Crippen molar-refractivity contribution < 1.29 is 37.3 Å². The number of nitrogens with one attached hydrogen (secondary N) is 1. The van der Waals surface area contributed by atoms with Crippen LogP contribution in [0, 0.1) is 0 Å². The van der Waals surface area contributed by atoms with E-state index in [0.717, 1.165) is 122 Å². The molecular formula is C75H131N2O7P.